The number of halogens is 2. The molecule has 2 nitrogen and oxygen atoms in total. The SMILES string of the molecule is CCC(N)(CC)C(N)(Cl)Cl.[Pt]. The first-order chi connectivity index (χ1) is 4.37. The van der Waals surface area contributed by atoms with Crippen LogP contribution in [-0.2, 0) is 21.1 Å². The van der Waals surface area contributed by atoms with E-state index < -0.39 is 10.00 Å². The minimum atomic E-state index is -1.32. The average Bonchev–Trinajstić information content (AvgIpc) is 1.84. The Morgan fingerprint density at radius 2 is 1.36 bits per heavy atom. The minimum absolute atomic E-state index is 0. The zero-order valence-electron chi connectivity index (χ0n) is 6.64. The number of hydrogen-bond acceptors (Lipinski definition) is 2. The van der Waals surface area contributed by atoms with Gasteiger partial charge in [0.15, 0.2) is 4.46 Å². The molecule has 0 spiro atoms. The molecular formula is C6H14Cl2N2Pt. The Bertz CT molecular complexity index is 110. The molecule has 0 aliphatic heterocycles. The van der Waals surface area contributed by atoms with E-state index in [1.807, 2.05) is 13.8 Å². The molecule has 0 aromatic rings. The Morgan fingerprint density at radius 1 is 1.09 bits per heavy atom. The molecule has 0 aliphatic rings. The molecule has 0 aromatic heterocycles. The van der Waals surface area contributed by atoms with E-state index in [1.54, 1.807) is 0 Å². The van der Waals surface area contributed by atoms with Crippen molar-refractivity contribution >= 4 is 23.2 Å². The molecule has 4 N–H and O–H groups in total. The van der Waals surface area contributed by atoms with E-state index in [0.717, 1.165) is 0 Å². The number of rotatable bonds is 3. The summed E-state index contributed by atoms with van der Waals surface area (Å²) in [6.45, 7) is 3.83. The third kappa shape index (κ3) is 3.60. The van der Waals surface area contributed by atoms with Crippen molar-refractivity contribution in [1.82, 2.24) is 0 Å². The first kappa shape index (κ1) is 14.7. The topological polar surface area (TPSA) is 52.0 Å². The Balaban J connectivity index is 0. The summed E-state index contributed by atoms with van der Waals surface area (Å²) in [6.07, 6.45) is 1.35. The van der Waals surface area contributed by atoms with Gasteiger partial charge in [0.2, 0.25) is 0 Å². The van der Waals surface area contributed by atoms with E-state index >= 15 is 0 Å². The average molecular weight is 380 g/mol. The van der Waals surface area contributed by atoms with Gasteiger partial charge in [-0.3, -0.25) is 5.73 Å². The van der Waals surface area contributed by atoms with Gasteiger partial charge in [0.1, 0.15) is 0 Å². The van der Waals surface area contributed by atoms with Gasteiger partial charge in [0.25, 0.3) is 0 Å². The number of nitrogens with two attached hydrogens (primary N) is 2. The number of hydrogen-bond donors (Lipinski definition) is 2. The van der Waals surface area contributed by atoms with Gasteiger partial charge < -0.3 is 5.73 Å². The van der Waals surface area contributed by atoms with Crippen LogP contribution in [0, 0.1) is 0 Å². The van der Waals surface area contributed by atoms with Crippen LogP contribution in [0.3, 0.4) is 0 Å². The fraction of sp³-hybridized carbons (Fsp3) is 1.00. The van der Waals surface area contributed by atoms with Gasteiger partial charge >= 0.3 is 0 Å². The van der Waals surface area contributed by atoms with Gasteiger partial charge in [0, 0.05) is 21.1 Å². The molecule has 0 radical (unpaired) electrons. The van der Waals surface area contributed by atoms with Gasteiger partial charge in [-0.15, -0.1) is 0 Å². The summed E-state index contributed by atoms with van der Waals surface area (Å²) in [7, 11) is 0. The summed E-state index contributed by atoms with van der Waals surface area (Å²) in [4.78, 5) is 0. The standard InChI is InChI=1S/C6H14Cl2N2.Pt/c1-3-5(9,4-2)6(7,8)10;/h3-4,9-10H2,1-2H3;. The van der Waals surface area contributed by atoms with Crippen LogP contribution >= 0.6 is 23.2 Å². The Hall–Kier alpha value is 1.19. The molecule has 11 heavy (non-hydrogen) atoms. The maximum Gasteiger partial charge on any atom is 0.184 e. The van der Waals surface area contributed by atoms with Crippen molar-refractivity contribution in [2.24, 2.45) is 11.5 Å². The van der Waals surface area contributed by atoms with Crippen LogP contribution in [0.25, 0.3) is 0 Å². The van der Waals surface area contributed by atoms with E-state index in [1.165, 1.54) is 0 Å². The van der Waals surface area contributed by atoms with Crippen molar-refractivity contribution in [3.8, 4) is 0 Å². The van der Waals surface area contributed by atoms with Crippen molar-refractivity contribution in [2.45, 2.75) is 36.7 Å². The Morgan fingerprint density at radius 3 is 1.36 bits per heavy atom. The van der Waals surface area contributed by atoms with Gasteiger partial charge in [-0.25, -0.2) is 0 Å². The monoisotopic (exact) mass is 379 g/mol. The maximum absolute atomic E-state index is 5.78. The van der Waals surface area contributed by atoms with Crippen molar-refractivity contribution in [3.05, 3.63) is 0 Å². The van der Waals surface area contributed by atoms with Gasteiger partial charge in [-0.05, 0) is 12.8 Å². The summed E-state index contributed by atoms with van der Waals surface area (Å²) in [5.41, 5.74) is 10.6. The van der Waals surface area contributed by atoms with E-state index in [2.05, 4.69) is 0 Å². The molecule has 5 heteroatoms. The molecule has 0 bridgehead atoms. The fourth-order valence-electron chi connectivity index (χ4n) is 0.721. The second-order valence-corrected chi connectivity index (χ2v) is 3.87. The molecule has 0 aliphatic carbocycles. The summed E-state index contributed by atoms with van der Waals surface area (Å²) >= 11 is 11.3. The molecule has 0 saturated heterocycles. The first-order valence-corrected chi connectivity index (χ1v) is 4.08. The molecule has 0 unspecified atom stereocenters. The molecule has 0 rings (SSSR count). The van der Waals surface area contributed by atoms with Crippen molar-refractivity contribution in [1.29, 1.82) is 0 Å². The maximum atomic E-state index is 5.78. The van der Waals surface area contributed by atoms with Crippen LogP contribution in [0.1, 0.15) is 26.7 Å². The summed E-state index contributed by atoms with van der Waals surface area (Å²) in [6, 6.07) is 0. The molecule has 0 atom stereocenters. The largest absolute Gasteiger partial charge is 0.321 e. The van der Waals surface area contributed by atoms with Crippen LogP contribution in [0.4, 0.5) is 0 Å². The summed E-state index contributed by atoms with van der Waals surface area (Å²) in [5, 5.41) is 0. The van der Waals surface area contributed by atoms with Gasteiger partial charge in [0.05, 0.1) is 5.54 Å². The van der Waals surface area contributed by atoms with Crippen LogP contribution in [0.5, 0.6) is 0 Å². The zero-order chi connectivity index (χ0) is 8.41. The Labute approximate surface area is 92.2 Å². The van der Waals surface area contributed by atoms with Crippen LogP contribution < -0.4 is 11.5 Å². The van der Waals surface area contributed by atoms with Gasteiger partial charge in [-0.1, -0.05) is 37.0 Å². The van der Waals surface area contributed by atoms with E-state index in [0.29, 0.717) is 12.8 Å². The Kier molecular flexibility index (Phi) is 6.73. The third-order valence-electron chi connectivity index (χ3n) is 1.93. The molecule has 0 saturated carbocycles. The first-order valence-electron chi connectivity index (χ1n) is 3.33. The summed E-state index contributed by atoms with van der Waals surface area (Å²) < 4.78 is -1.32. The molecule has 0 aromatic carbocycles. The van der Waals surface area contributed by atoms with E-state index in [4.69, 9.17) is 34.7 Å². The quantitative estimate of drug-likeness (QED) is 0.577. The molecular weight excluding hydrogens is 366 g/mol. The van der Waals surface area contributed by atoms with Crippen LogP contribution in [0.15, 0.2) is 0 Å². The minimum Gasteiger partial charge on any atom is -0.321 e. The number of alkyl halides is 2. The molecule has 0 amide bonds. The van der Waals surface area contributed by atoms with Gasteiger partial charge in [-0.2, -0.15) is 0 Å². The van der Waals surface area contributed by atoms with Crippen LogP contribution in [0.2, 0.25) is 0 Å². The van der Waals surface area contributed by atoms with E-state index in [9.17, 15) is 0 Å². The smallest absolute Gasteiger partial charge is 0.184 e. The summed E-state index contributed by atoms with van der Waals surface area (Å²) in [5.74, 6) is 0. The predicted molar refractivity (Wildman–Crippen MR) is 46.1 cm³/mol. The third-order valence-corrected chi connectivity index (χ3v) is 2.68. The fourth-order valence-corrected chi connectivity index (χ4v) is 1.26. The van der Waals surface area contributed by atoms with Crippen LogP contribution in [-0.4, -0.2) is 10.00 Å². The van der Waals surface area contributed by atoms with Crippen molar-refractivity contribution in [3.63, 3.8) is 0 Å². The molecule has 0 heterocycles. The zero-order valence-corrected chi connectivity index (χ0v) is 10.4. The second-order valence-electron chi connectivity index (χ2n) is 2.49. The second kappa shape index (κ2) is 5.03. The van der Waals surface area contributed by atoms with Crippen molar-refractivity contribution in [2.75, 3.05) is 0 Å². The van der Waals surface area contributed by atoms with Crippen molar-refractivity contribution < 1.29 is 21.1 Å². The molecule has 0 fully saturated rings. The normalized spacial score (nSPS) is 12.5. The molecule has 72 valence electrons. The van der Waals surface area contributed by atoms with E-state index in [-0.39, 0.29) is 21.1 Å². The predicted octanol–water partition coefficient (Wildman–Crippen LogP) is 1.59.